The van der Waals surface area contributed by atoms with Crippen molar-refractivity contribution in [3.63, 3.8) is 0 Å². The highest BCUT2D eigenvalue weighted by molar-refractivity contribution is 5.95. The van der Waals surface area contributed by atoms with Crippen LogP contribution in [0.25, 0.3) is 0 Å². The number of ether oxygens (including phenoxy) is 2. The standard InChI is InChI=1S/C11H14N2O2/c1-14-10-4-2-8(3-5-10)11-13-9(6-12)7-15-11/h2-5,9H,6-7,12H2,1H3. The van der Waals surface area contributed by atoms with Gasteiger partial charge in [0.25, 0.3) is 0 Å². The van der Waals surface area contributed by atoms with E-state index in [0.29, 0.717) is 19.0 Å². The first-order valence-corrected chi connectivity index (χ1v) is 4.88. The van der Waals surface area contributed by atoms with Crippen LogP contribution < -0.4 is 10.5 Å². The van der Waals surface area contributed by atoms with Crippen LogP contribution in [0.4, 0.5) is 0 Å². The summed E-state index contributed by atoms with van der Waals surface area (Å²) in [6.45, 7) is 1.11. The van der Waals surface area contributed by atoms with Gasteiger partial charge in [-0.3, -0.25) is 0 Å². The predicted octanol–water partition coefficient (Wildman–Crippen LogP) is 0.799. The fourth-order valence-corrected chi connectivity index (χ4v) is 1.43. The molecule has 1 aliphatic heterocycles. The molecule has 0 fully saturated rings. The lowest BCUT2D eigenvalue weighted by Crippen LogP contribution is -2.18. The third-order valence-electron chi connectivity index (χ3n) is 2.32. The van der Waals surface area contributed by atoms with Gasteiger partial charge in [-0.1, -0.05) is 0 Å². The van der Waals surface area contributed by atoms with Gasteiger partial charge in [-0.05, 0) is 24.3 Å². The summed E-state index contributed by atoms with van der Waals surface area (Å²) in [6, 6.07) is 7.73. The molecule has 1 aromatic rings. The van der Waals surface area contributed by atoms with E-state index in [1.807, 2.05) is 24.3 Å². The molecule has 0 saturated carbocycles. The van der Waals surface area contributed by atoms with Gasteiger partial charge in [-0.25, -0.2) is 4.99 Å². The Hall–Kier alpha value is -1.55. The van der Waals surface area contributed by atoms with Gasteiger partial charge in [0.05, 0.1) is 7.11 Å². The Kier molecular flexibility index (Phi) is 2.87. The minimum atomic E-state index is 0.0992. The molecule has 2 rings (SSSR count). The highest BCUT2D eigenvalue weighted by atomic mass is 16.5. The second-order valence-corrected chi connectivity index (χ2v) is 3.36. The van der Waals surface area contributed by atoms with Crippen molar-refractivity contribution >= 4 is 5.90 Å². The minimum absolute atomic E-state index is 0.0992. The number of nitrogens with zero attached hydrogens (tertiary/aromatic N) is 1. The Morgan fingerprint density at radius 2 is 2.20 bits per heavy atom. The first-order valence-electron chi connectivity index (χ1n) is 4.88. The molecule has 1 unspecified atom stereocenters. The van der Waals surface area contributed by atoms with Crippen molar-refractivity contribution in [2.75, 3.05) is 20.3 Å². The van der Waals surface area contributed by atoms with Gasteiger partial charge in [-0.2, -0.15) is 0 Å². The highest BCUT2D eigenvalue weighted by Crippen LogP contribution is 2.15. The van der Waals surface area contributed by atoms with Gasteiger partial charge in [0.2, 0.25) is 5.90 Å². The van der Waals surface area contributed by atoms with E-state index < -0.39 is 0 Å². The van der Waals surface area contributed by atoms with Crippen LogP contribution >= 0.6 is 0 Å². The van der Waals surface area contributed by atoms with E-state index in [4.69, 9.17) is 15.2 Å². The smallest absolute Gasteiger partial charge is 0.216 e. The second-order valence-electron chi connectivity index (χ2n) is 3.36. The van der Waals surface area contributed by atoms with Crippen molar-refractivity contribution in [3.05, 3.63) is 29.8 Å². The lowest BCUT2D eigenvalue weighted by Gasteiger charge is -2.02. The Balaban J connectivity index is 2.16. The highest BCUT2D eigenvalue weighted by Gasteiger charge is 2.18. The molecule has 0 bridgehead atoms. The molecule has 1 aromatic carbocycles. The summed E-state index contributed by atoms with van der Waals surface area (Å²) in [5.41, 5.74) is 6.48. The van der Waals surface area contributed by atoms with Crippen LogP contribution in [0.2, 0.25) is 0 Å². The molecule has 0 amide bonds. The average Bonchev–Trinajstić information content (AvgIpc) is 2.78. The van der Waals surface area contributed by atoms with E-state index in [-0.39, 0.29) is 6.04 Å². The van der Waals surface area contributed by atoms with Gasteiger partial charge in [0, 0.05) is 12.1 Å². The predicted molar refractivity (Wildman–Crippen MR) is 58.3 cm³/mol. The van der Waals surface area contributed by atoms with E-state index in [1.54, 1.807) is 7.11 Å². The van der Waals surface area contributed by atoms with Crippen LogP contribution in [0, 0.1) is 0 Å². The molecule has 15 heavy (non-hydrogen) atoms. The number of benzene rings is 1. The molecule has 80 valence electrons. The third-order valence-corrected chi connectivity index (χ3v) is 2.32. The minimum Gasteiger partial charge on any atom is -0.497 e. The summed E-state index contributed by atoms with van der Waals surface area (Å²) in [7, 11) is 1.64. The molecular weight excluding hydrogens is 192 g/mol. The normalized spacial score (nSPS) is 19.6. The van der Waals surface area contributed by atoms with Crippen LogP contribution in [-0.2, 0) is 4.74 Å². The van der Waals surface area contributed by atoms with E-state index in [0.717, 1.165) is 11.3 Å². The summed E-state index contributed by atoms with van der Waals surface area (Å²) in [4.78, 5) is 4.36. The van der Waals surface area contributed by atoms with Crippen molar-refractivity contribution in [1.82, 2.24) is 0 Å². The third kappa shape index (κ3) is 2.10. The van der Waals surface area contributed by atoms with Crippen LogP contribution in [0.15, 0.2) is 29.3 Å². The quantitative estimate of drug-likeness (QED) is 0.795. The zero-order valence-corrected chi connectivity index (χ0v) is 8.64. The lowest BCUT2D eigenvalue weighted by molar-refractivity contribution is 0.319. The van der Waals surface area contributed by atoms with E-state index in [1.165, 1.54) is 0 Å². The number of hydrogen-bond donors (Lipinski definition) is 1. The van der Waals surface area contributed by atoms with E-state index in [2.05, 4.69) is 4.99 Å². The van der Waals surface area contributed by atoms with Gasteiger partial charge >= 0.3 is 0 Å². The number of hydrogen-bond acceptors (Lipinski definition) is 4. The fourth-order valence-electron chi connectivity index (χ4n) is 1.43. The molecule has 0 saturated heterocycles. The number of rotatable bonds is 3. The Morgan fingerprint density at radius 1 is 1.47 bits per heavy atom. The molecule has 1 aliphatic rings. The maximum absolute atomic E-state index is 5.51. The average molecular weight is 206 g/mol. The topological polar surface area (TPSA) is 56.8 Å². The van der Waals surface area contributed by atoms with Crippen molar-refractivity contribution in [2.45, 2.75) is 6.04 Å². The molecule has 4 heteroatoms. The molecule has 4 nitrogen and oxygen atoms in total. The zero-order chi connectivity index (χ0) is 10.7. The largest absolute Gasteiger partial charge is 0.497 e. The first kappa shape index (κ1) is 9.98. The monoisotopic (exact) mass is 206 g/mol. The molecule has 1 atom stereocenters. The van der Waals surface area contributed by atoms with Gasteiger partial charge in [0.15, 0.2) is 0 Å². The van der Waals surface area contributed by atoms with Crippen molar-refractivity contribution in [1.29, 1.82) is 0 Å². The molecule has 1 heterocycles. The van der Waals surface area contributed by atoms with Crippen molar-refractivity contribution in [2.24, 2.45) is 10.7 Å². The molecule has 0 spiro atoms. The van der Waals surface area contributed by atoms with Crippen LogP contribution in [0.1, 0.15) is 5.56 Å². The number of nitrogens with two attached hydrogens (primary N) is 1. The summed E-state index contributed by atoms with van der Waals surface area (Å²) in [6.07, 6.45) is 0. The second kappa shape index (κ2) is 4.31. The summed E-state index contributed by atoms with van der Waals surface area (Å²) < 4.78 is 10.5. The van der Waals surface area contributed by atoms with Crippen LogP contribution in [0.3, 0.4) is 0 Å². The molecule has 0 aliphatic carbocycles. The summed E-state index contributed by atoms with van der Waals surface area (Å²) >= 11 is 0. The Morgan fingerprint density at radius 3 is 2.73 bits per heavy atom. The molecule has 0 radical (unpaired) electrons. The maximum atomic E-state index is 5.51. The van der Waals surface area contributed by atoms with Crippen molar-refractivity contribution < 1.29 is 9.47 Å². The Bertz CT molecular complexity index is 359. The van der Waals surface area contributed by atoms with Crippen LogP contribution in [-0.4, -0.2) is 32.2 Å². The van der Waals surface area contributed by atoms with Crippen LogP contribution in [0.5, 0.6) is 5.75 Å². The number of aliphatic imine (C=N–C) groups is 1. The van der Waals surface area contributed by atoms with Gasteiger partial charge in [0.1, 0.15) is 18.4 Å². The Labute approximate surface area is 88.7 Å². The molecule has 2 N–H and O–H groups in total. The van der Waals surface area contributed by atoms with Gasteiger partial charge < -0.3 is 15.2 Å². The fraction of sp³-hybridized carbons (Fsp3) is 0.364. The van der Waals surface area contributed by atoms with Crippen molar-refractivity contribution in [3.8, 4) is 5.75 Å². The first-order chi connectivity index (χ1) is 7.33. The molecular formula is C11H14N2O2. The summed E-state index contributed by atoms with van der Waals surface area (Å²) in [5.74, 6) is 1.50. The van der Waals surface area contributed by atoms with E-state index in [9.17, 15) is 0 Å². The maximum Gasteiger partial charge on any atom is 0.216 e. The zero-order valence-electron chi connectivity index (χ0n) is 8.64. The molecule has 0 aromatic heterocycles. The van der Waals surface area contributed by atoms with Gasteiger partial charge in [-0.15, -0.1) is 0 Å². The SMILES string of the molecule is COc1ccc(C2=NC(CN)CO2)cc1. The number of methoxy groups -OCH3 is 1. The summed E-state index contributed by atoms with van der Waals surface area (Å²) in [5, 5.41) is 0. The van der Waals surface area contributed by atoms with E-state index >= 15 is 0 Å². The lowest BCUT2D eigenvalue weighted by atomic mass is 10.2.